The Bertz CT molecular complexity index is 686. The Balaban J connectivity index is 0.000000378. The monoisotopic (exact) mass is 432 g/mol. The summed E-state index contributed by atoms with van der Waals surface area (Å²) in [6.45, 7) is 8.28. The molecule has 0 bridgehead atoms. The van der Waals surface area contributed by atoms with Crippen LogP contribution in [-0.2, 0) is 0 Å². The molecule has 0 aromatic heterocycles. The molecule has 168 valence electrons. The van der Waals surface area contributed by atoms with Crippen molar-refractivity contribution < 1.29 is 4.39 Å². The zero-order valence-electron chi connectivity index (χ0n) is 19.3. The van der Waals surface area contributed by atoms with Gasteiger partial charge < -0.3 is 10.6 Å². The summed E-state index contributed by atoms with van der Waals surface area (Å²) in [7, 11) is 0. The second kappa shape index (κ2) is 15.3. The highest BCUT2D eigenvalue weighted by atomic mass is 32.1. The third-order valence-corrected chi connectivity index (χ3v) is 5.51. The molecule has 2 fully saturated rings. The van der Waals surface area contributed by atoms with Gasteiger partial charge in [0, 0.05) is 10.6 Å². The Hall–Kier alpha value is -1.52. The van der Waals surface area contributed by atoms with Crippen molar-refractivity contribution in [3.8, 4) is 0 Å². The lowest BCUT2D eigenvalue weighted by Crippen LogP contribution is -2.25. The molecule has 4 heteroatoms. The average molecular weight is 433 g/mol. The minimum atomic E-state index is -0.158. The molecular formula is C26H41FN2S. The zero-order chi connectivity index (χ0) is 22.4. The van der Waals surface area contributed by atoms with E-state index in [1.165, 1.54) is 38.5 Å². The van der Waals surface area contributed by atoms with E-state index in [1.54, 1.807) is 6.07 Å². The third kappa shape index (κ3) is 8.31. The molecule has 2 saturated carbocycles. The highest BCUT2D eigenvalue weighted by Crippen LogP contribution is 2.44. The van der Waals surface area contributed by atoms with E-state index < -0.39 is 0 Å². The van der Waals surface area contributed by atoms with Gasteiger partial charge in [0.05, 0.1) is 12.4 Å². The fourth-order valence-corrected chi connectivity index (χ4v) is 3.83. The standard InChI is InChI=1S/C16H17FN2S.C6H12.2C2H6/c17-14-9-15(16(20)8-13(14)11-6-7-11)19(10-18)12-4-2-1-3-5-12;1-2-4-6-5-3-1;2*1-2/h1-5,8-9,11,20H,6-7,10,18H2;1-6H2;2*1-2H3. The largest absolute Gasteiger partial charge is 0.327 e. The molecule has 0 radical (unpaired) electrons. The lowest BCUT2D eigenvalue weighted by Gasteiger charge is -2.25. The number of nitrogens with two attached hydrogens (primary N) is 1. The number of para-hydroxylation sites is 1. The molecular weight excluding hydrogens is 391 g/mol. The van der Waals surface area contributed by atoms with Crippen molar-refractivity contribution in [2.24, 2.45) is 5.73 Å². The molecule has 0 spiro atoms. The van der Waals surface area contributed by atoms with Crippen LogP contribution in [0.3, 0.4) is 0 Å². The Labute approximate surface area is 189 Å². The first-order valence-electron chi connectivity index (χ1n) is 11.8. The molecule has 0 heterocycles. The Morgan fingerprint density at radius 2 is 1.40 bits per heavy atom. The van der Waals surface area contributed by atoms with Crippen LogP contribution in [0.2, 0.25) is 0 Å². The maximum Gasteiger partial charge on any atom is 0.128 e. The van der Waals surface area contributed by atoms with Crippen LogP contribution >= 0.6 is 12.6 Å². The number of anilines is 2. The van der Waals surface area contributed by atoms with Crippen LogP contribution in [-0.4, -0.2) is 6.67 Å². The Morgan fingerprint density at radius 3 is 1.83 bits per heavy atom. The number of rotatable bonds is 4. The summed E-state index contributed by atoms with van der Waals surface area (Å²) in [6, 6.07) is 13.1. The smallest absolute Gasteiger partial charge is 0.128 e. The van der Waals surface area contributed by atoms with Crippen molar-refractivity contribution in [3.05, 3.63) is 53.8 Å². The highest BCUT2D eigenvalue weighted by molar-refractivity contribution is 7.80. The fourth-order valence-electron chi connectivity index (χ4n) is 3.50. The van der Waals surface area contributed by atoms with E-state index in [1.807, 2.05) is 69.0 Å². The van der Waals surface area contributed by atoms with Crippen LogP contribution in [0.15, 0.2) is 47.4 Å². The predicted octanol–water partition coefficient (Wildman–Crippen LogP) is 8.44. The highest BCUT2D eigenvalue weighted by Gasteiger charge is 2.28. The van der Waals surface area contributed by atoms with Gasteiger partial charge in [0.2, 0.25) is 0 Å². The maximum atomic E-state index is 14.2. The first-order valence-corrected chi connectivity index (χ1v) is 12.2. The van der Waals surface area contributed by atoms with Gasteiger partial charge in [-0.1, -0.05) is 84.4 Å². The summed E-state index contributed by atoms with van der Waals surface area (Å²) < 4.78 is 14.2. The number of benzene rings is 2. The minimum Gasteiger partial charge on any atom is -0.327 e. The summed E-state index contributed by atoms with van der Waals surface area (Å²) in [6.07, 6.45) is 11.1. The summed E-state index contributed by atoms with van der Waals surface area (Å²) >= 11 is 4.52. The van der Waals surface area contributed by atoms with Gasteiger partial charge in [-0.15, -0.1) is 12.6 Å². The molecule has 2 N–H and O–H groups in total. The first kappa shape index (κ1) is 26.5. The van der Waals surface area contributed by atoms with Crippen molar-refractivity contribution >= 4 is 24.0 Å². The second-order valence-electron chi connectivity index (χ2n) is 7.20. The molecule has 2 nitrogen and oxygen atoms in total. The molecule has 0 aliphatic heterocycles. The Morgan fingerprint density at radius 1 is 0.900 bits per heavy atom. The minimum absolute atomic E-state index is 0.158. The van der Waals surface area contributed by atoms with Gasteiger partial charge in [0.15, 0.2) is 0 Å². The predicted molar refractivity (Wildman–Crippen MR) is 134 cm³/mol. The van der Waals surface area contributed by atoms with Crippen LogP contribution in [0.4, 0.5) is 15.8 Å². The first-order chi connectivity index (χ1) is 14.7. The average Bonchev–Trinajstić information content (AvgIpc) is 3.67. The molecule has 0 atom stereocenters. The molecule has 0 unspecified atom stereocenters. The Kier molecular flexibility index (Phi) is 13.5. The van der Waals surface area contributed by atoms with E-state index in [2.05, 4.69) is 12.6 Å². The third-order valence-electron chi connectivity index (χ3n) is 5.15. The summed E-state index contributed by atoms with van der Waals surface area (Å²) in [5.41, 5.74) is 8.26. The SMILES string of the molecule is C1CCCCC1.CC.CC.NCN(c1ccccc1)c1cc(F)c(C2CC2)cc1S. The molecule has 2 aromatic rings. The molecule has 2 aliphatic carbocycles. The van der Waals surface area contributed by atoms with E-state index in [9.17, 15) is 4.39 Å². The van der Waals surface area contributed by atoms with Gasteiger partial charge in [0.1, 0.15) is 5.82 Å². The number of nitrogens with zero attached hydrogens (tertiary/aromatic N) is 1. The van der Waals surface area contributed by atoms with Crippen molar-refractivity contribution in [2.75, 3.05) is 11.6 Å². The van der Waals surface area contributed by atoms with Gasteiger partial charge >= 0.3 is 0 Å². The lowest BCUT2D eigenvalue weighted by molar-refractivity contribution is 0.504. The summed E-state index contributed by atoms with van der Waals surface area (Å²) in [4.78, 5) is 2.63. The van der Waals surface area contributed by atoms with Crippen molar-refractivity contribution in [1.82, 2.24) is 0 Å². The van der Waals surface area contributed by atoms with Crippen molar-refractivity contribution in [1.29, 1.82) is 0 Å². The molecule has 2 aliphatic rings. The van der Waals surface area contributed by atoms with E-state index in [-0.39, 0.29) is 12.5 Å². The quantitative estimate of drug-likeness (QED) is 0.375. The normalized spacial score (nSPS) is 14.8. The summed E-state index contributed by atoms with van der Waals surface area (Å²) in [5.74, 6) is 0.215. The molecule has 4 rings (SSSR count). The lowest BCUT2D eigenvalue weighted by atomic mass is 10.0. The van der Waals surface area contributed by atoms with Crippen LogP contribution in [0.25, 0.3) is 0 Å². The molecule has 2 aromatic carbocycles. The van der Waals surface area contributed by atoms with E-state index in [4.69, 9.17) is 5.73 Å². The maximum absolute atomic E-state index is 14.2. The molecule has 0 saturated heterocycles. The van der Waals surface area contributed by atoms with Crippen LogP contribution in [0.5, 0.6) is 0 Å². The van der Waals surface area contributed by atoms with Gasteiger partial charge in [-0.2, -0.15) is 0 Å². The number of hydrogen-bond acceptors (Lipinski definition) is 3. The number of halogens is 1. The van der Waals surface area contributed by atoms with Crippen LogP contribution in [0.1, 0.15) is 90.5 Å². The number of thiol groups is 1. The van der Waals surface area contributed by atoms with Crippen LogP contribution < -0.4 is 10.6 Å². The van der Waals surface area contributed by atoms with Crippen molar-refractivity contribution in [2.45, 2.75) is 89.9 Å². The van der Waals surface area contributed by atoms with Crippen molar-refractivity contribution in [3.63, 3.8) is 0 Å². The zero-order valence-corrected chi connectivity index (χ0v) is 20.2. The van der Waals surface area contributed by atoms with Gasteiger partial charge in [-0.3, -0.25) is 0 Å². The second-order valence-corrected chi connectivity index (χ2v) is 7.69. The number of hydrogen-bond donors (Lipinski definition) is 2. The topological polar surface area (TPSA) is 29.3 Å². The van der Waals surface area contributed by atoms with Gasteiger partial charge in [0.25, 0.3) is 0 Å². The molecule has 30 heavy (non-hydrogen) atoms. The fraction of sp³-hybridized carbons (Fsp3) is 0.538. The van der Waals surface area contributed by atoms with E-state index >= 15 is 0 Å². The molecule has 0 amide bonds. The van der Waals surface area contributed by atoms with E-state index in [0.717, 1.165) is 29.0 Å². The van der Waals surface area contributed by atoms with Gasteiger partial charge in [-0.25, -0.2) is 4.39 Å². The van der Waals surface area contributed by atoms with Crippen LogP contribution in [0, 0.1) is 5.82 Å². The summed E-state index contributed by atoms with van der Waals surface area (Å²) in [5, 5.41) is 0. The van der Waals surface area contributed by atoms with E-state index in [0.29, 0.717) is 11.6 Å². The van der Waals surface area contributed by atoms with Gasteiger partial charge in [-0.05, 0) is 48.6 Å².